The molecule has 0 saturated carbocycles. The highest BCUT2D eigenvalue weighted by molar-refractivity contribution is 9.18. The van der Waals surface area contributed by atoms with Gasteiger partial charge in [-0.15, -0.1) is 0 Å². The van der Waals surface area contributed by atoms with Crippen LogP contribution in [0.5, 0.6) is 0 Å². The maximum absolute atomic E-state index is 10.9. The number of halogens is 2. The second kappa shape index (κ2) is 3.85. The Morgan fingerprint density at radius 2 is 2.15 bits per heavy atom. The Morgan fingerprint density at radius 1 is 1.54 bits per heavy atom. The molecule has 0 unspecified atom stereocenters. The van der Waals surface area contributed by atoms with Gasteiger partial charge < -0.3 is 0 Å². The van der Waals surface area contributed by atoms with Gasteiger partial charge in [0.25, 0.3) is 5.69 Å². The Labute approximate surface area is 86.8 Å². The van der Waals surface area contributed by atoms with Crippen molar-refractivity contribution in [1.29, 1.82) is 0 Å². The number of nitrogens with zero attached hydrogens (tertiary/aromatic N) is 1. The van der Waals surface area contributed by atoms with Crippen LogP contribution in [0.15, 0.2) is 18.2 Å². The molecule has 6 heteroatoms. The van der Waals surface area contributed by atoms with Crippen LogP contribution in [-0.4, -0.2) is 9.62 Å². The Balaban J connectivity index is 3.35. The molecule has 0 saturated heterocycles. The number of nitro groups is 1. The molecular weight excluding hydrogens is 261 g/mol. The normalized spacial score (nSPS) is 9.69. The highest BCUT2D eigenvalue weighted by Crippen LogP contribution is 2.28. The van der Waals surface area contributed by atoms with Crippen LogP contribution < -0.4 is 0 Å². The molecule has 0 aromatic heterocycles. The molecule has 0 heterocycles. The predicted octanol–water partition coefficient (Wildman–Crippen LogP) is 2.78. The first kappa shape index (κ1) is 10.1. The molecule has 0 radical (unpaired) electrons. The van der Waals surface area contributed by atoms with Crippen molar-refractivity contribution in [2.24, 2.45) is 0 Å². The van der Waals surface area contributed by atoms with Gasteiger partial charge in [-0.1, -0.05) is 17.7 Å². The van der Waals surface area contributed by atoms with Crippen LogP contribution in [0.25, 0.3) is 0 Å². The number of nitro benzene ring substituents is 1. The van der Waals surface area contributed by atoms with Crippen molar-refractivity contribution >= 4 is 37.9 Å². The summed E-state index contributed by atoms with van der Waals surface area (Å²) in [6, 6.07) is 4.05. The molecule has 0 aliphatic carbocycles. The van der Waals surface area contributed by atoms with E-state index in [9.17, 15) is 14.9 Å². The SMILES string of the molecule is O=C(Br)c1cccc([N+](=O)[O-])c1Cl. The van der Waals surface area contributed by atoms with Crippen molar-refractivity contribution in [3.63, 3.8) is 0 Å². The van der Waals surface area contributed by atoms with Gasteiger partial charge in [0.15, 0.2) is 0 Å². The van der Waals surface area contributed by atoms with Gasteiger partial charge >= 0.3 is 0 Å². The minimum absolute atomic E-state index is 0.0934. The highest BCUT2D eigenvalue weighted by atomic mass is 79.9. The van der Waals surface area contributed by atoms with Crippen molar-refractivity contribution in [2.45, 2.75) is 0 Å². The summed E-state index contributed by atoms with van der Waals surface area (Å²) in [7, 11) is 0. The quantitative estimate of drug-likeness (QED) is 0.469. The van der Waals surface area contributed by atoms with Gasteiger partial charge in [-0.05, 0) is 22.0 Å². The molecule has 68 valence electrons. The third kappa shape index (κ3) is 2.05. The average Bonchev–Trinajstić information content (AvgIpc) is 2.03. The lowest BCUT2D eigenvalue weighted by molar-refractivity contribution is -0.384. The molecule has 0 N–H and O–H groups in total. The van der Waals surface area contributed by atoms with Crippen LogP contribution in [-0.2, 0) is 0 Å². The molecule has 0 aliphatic rings. The summed E-state index contributed by atoms with van der Waals surface area (Å²) < 4.78 is -0.471. The van der Waals surface area contributed by atoms with Crippen molar-refractivity contribution < 1.29 is 9.72 Å². The van der Waals surface area contributed by atoms with Crippen LogP contribution in [0.2, 0.25) is 5.02 Å². The molecule has 0 aliphatic heterocycles. The first-order chi connectivity index (χ1) is 6.04. The van der Waals surface area contributed by atoms with E-state index in [1.54, 1.807) is 0 Å². The van der Waals surface area contributed by atoms with E-state index in [0.29, 0.717) is 0 Å². The zero-order valence-electron chi connectivity index (χ0n) is 6.16. The van der Waals surface area contributed by atoms with Crippen molar-refractivity contribution in [1.82, 2.24) is 0 Å². The minimum Gasteiger partial charge on any atom is -0.281 e. The molecule has 0 fully saturated rings. The Kier molecular flexibility index (Phi) is 3.00. The summed E-state index contributed by atoms with van der Waals surface area (Å²) in [5, 5.41) is 10.2. The first-order valence-electron chi connectivity index (χ1n) is 3.16. The van der Waals surface area contributed by atoms with Gasteiger partial charge in [-0.25, -0.2) is 0 Å². The van der Waals surface area contributed by atoms with E-state index < -0.39 is 9.62 Å². The fourth-order valence-corrected chi connectivity index (χ4v) is 1.54. The van der Waals surface area contributed by atoms with Crippen LogP contribution in [0, 0.1) is 10.1 Å². The largest absolute Gasteiger partial charge is 0.288 e. The third-order valence-electron chi connectivity index (χ3n) is 1.39. The fourth-order valence-electron chi connectivity index (χ4n) is 0.813. The number of carbonyl (C=O) groups is 1. The molecule has 1 rings (SSSR count). The summed E-state index contributed by atoms with van der Waals surface area (Å²) in [5.74, 6) is 0. The van der Waals surface area contributed by atoms with Crippen molar-refractivity contribution in [3.8, 4) is 0 Å². The van der Waals surface area contributed by atoms with E-state index in [1.165, 1.54) is 18.2 Å². The number of rotatable bonds is 2. The second-order valence-electron chi connectivity index (χ2n) is 2.17. The van der Waals surface area contributed by atoms with Gasteiger partial charge in [0.2, 0.25) is 4.69 Å². The standard InChI is InChI=1S/C7H3BrClNO3/c8-7(11)4-2-1-3-5(6(4)9)10(12)13/h1-3H. The lowest BCUT2D eigenvalue weighted by atomic mass is 10.2. The molecular formula is C7H3BrClNO3. The van der Waals surface area contributed by atoms with Gasteiger partial charge in [-0.2, -0.15) is 0 Å². The highest BCUT2D eigenvalue weighted by Gasteiger charge is 2.17. The zero-order valence-corrected chi connectivity index (χ0v) is 8.50. The summed E-state index contributed by atoms with van der Waals surface area (Å²) in [5.41, 5.74) is -0.178. The monoisotopic (exact) mass is 263 g/mol. The topological polar surface area (TPSA) is 60.2 Å². The van der Waals surface area contributed by atoms with Gasteiger partial charge in [-0.3, -0.25) is 14.9 Å². The Morgan fingerprint density at radius 3 is 2.62 bits per heavy atom. The number of hydrogen-bond acceptors (Lipinski definition) is 3. The molecule has 4 nitrogen and oxygen atoms in total. The molecule has 13 heavy (non-hydrogen) atoms. The molecule has 0 spiro atoms. The Hall–Kier alpha value is -0.940. The van der Waals surface area contributed by atoms with E-state index in [0.717, 1.165) is 0 Å². The summed E-state index contributed by atoms with van der Waals surface area (Å²) in [6.45, 7) is 0. The fraction of sp³-hybridized carbons (Fsp3) is 0. The maximum Gasteiger partial charge on any atom is 0.288 e. The second-order valence-corrected chi connectivity index (χ2v) is 3.27. The van der Waals surface area contributed by atoms with Crippen molar-refractivity contribution in [3.05, 3.63) is 38.9 Å². The lowest BCUT2D eigenvalue weighted by Crippen LogP contribution is -1.95. The number of benzene rings is 1. The average molecular weight is 264 g/mol. The molecule has 0 atom stereocenters. The molecule has 1 aromatic rings. The van der Waals surface area contributed by atoms with Crippen LogP contribution >= 0.6 is 27.5 Å². The lowest BCUT2D eigenvalue weighted by Gasteiger charge is -1.98. The van der Waals surface area contributed by atoms with Crippen LogP contribution in [0.1, 0.15) is 10.4 Å². The maximum atomic E-state index is 10.9. The predicted molar refractivity (Wildman–Crippen MR) is 51.4 cm³/mol. The molecule has 0 amide bonds. The number of carbonyl (C=O) groups excluding carboxylic acids is 1. The Bertz CT molecular complexity index is 348. The zero-order chi connectivity index (χ0) is 10.0. The first-order valence-corrected chi connectivity index (χ1v) is 4.34. The summed E-state index contributed by atoms with van der Waals surface area (Å²) in [4.78, 5) is 20.6. The number of hydrogen-bond donors (Lipinski definition) is 0. The van der Waals surface area contributed by atoms with E-state index in [-0.39, 0.29) is 16.3 Å². The van der Waals surface area contributed by atoms with E-state index >= 15 is 0 Å². The van der Waals surface area contributed by atoms with Gasteiger partial charge in [0, 0.05) is 6.07 Å². The van der Waals surface area contributed by atoms with Crippen molar-refractivity contribution in [2.75, 3.05) is 0 Å². The van der Waals surface area contributed by atoms with E-state index in [4.69, 9.17) is 11.6 Å². The minimum atomic E-state index is -0.637. The molecule has 0 bridgehead atoms. The smallest absolute Gasteiger partial charge is 0.281 e. The van der Waals surface area contributed by atoms with Gasteiger partial charge in [0.05, 0.1) is 10.5 Å². The third-order valence-corrected chi connectivity index (χ3v) is 2.21. The summed E-state index contributed by atoms with van der Waals surface area (Å²) in [6.07, 6.45) is 0. The van der Waals surface area contributed by atoms with E-state index in [2.05, 4.69) is 15.9 Å². The molecule has 1 aromatic carbocycles. The van der Waals surface area contributed by atoms with Crippen LogP contribution in [0.3, 0.4) is 0 Å². The van der Waals surface area contributed by atoms with Gasteiger partial charge in [0.1, 0.15) is 5.02 Å². The van der Waals surface area contributed by atoms with Crippen LogP contribution in [0.4, 0.5) is 5.69 Å². The van der Waals surface area contributed by atoms with E-state index in [1.807, 2.05) is 0 Å². The summed E-state index contributed by atoms with van der Waals surface area (Å²) >= 11 is 8.28.